The largest absolute Gasteiger partial charge is 0.436 e. The van der Waals surface area contributed by atoms with Gasteiger partial charge < -0.3 is 4.42 Å². The van der Waals surface area contributed by atoms with Crippen molar-refractivity contribution in [3.8, 4) is 22.6 Å². The van der Waals surface area contributed by atoms with E-state index in [1.54, 1.807) is 12.1 Å². The molecule has 1 unspecified atom stereocenters. The zero-order valence-electron chi connectivity index (χ0n) is 23.4. The van der Waals surface area contributed by atoms with Gasteiger partial charge in [0.1, 0.15) is 5.69 Å². The topological polar surface area (TPSA) is 72.2 Å². The fraction of sp³-hybridized carbons (Fsp3) is 0.194. The number of rotatable bonds is 10. The molecule has 1 aliphatic rings. The Labute approximate surface area is 248 Å². The minimum atomic E-state index is -3.68. The second-order valence-corrected chi connectivity index (χ2v) is 12.4. The van der Waals surface area contributed by atoms with Gasteiger partial charge >= 0.3 is 0 Å². The van der Waals surface area contributed by atoms with Crippen LogP contribution in [0.25, 0.3) is 28.2 Å². The minimum absolute atomic E-state index is 0.0883. The van der Waals surface area contributed by atoms with Crippen LogP contribution in [0.4, 0.5) is 0 Å². The van der Waals surface area contributed by atoms with Crippen molar-refractivity contribution < 1.29 is 12.8 Å². The third kappa shape index (κ3) is 6.30. The zero-order chi connectivity index (χ0) is 28.8. The standard InChI is InChI=1S/C36H34N2O3S/c39-42(40,37-25-24-27-14-4-1-5-15-27)33-23-13-11-21-31(33)26-30-20-10-12-22-32(30)36-38-34(28-16-6-2-7-17-28)35(41-36)29-18-8-3-9-19-29/h1-9,11,13-19,21-23,30,37H,10,12,20,24-26H2. The summed E-state index contributed by atoms with van der Waals surface area (Å²) in [6, 6.07) is 37.4. The van der Waals surface area contributed by atoms with Crippen LogP contribution in [0.3, 0.4) is 0 Å². The van der Waals surface area contributed by atoms with Gasteiger partial charge in [-0.25, -0.2) is 18.1 Å². The molecule has 4 aromatic carbocycles. The average molecular weight is 575 g/mol. The second kappa shape index (κ2) is 12.7. The van der Waals surface area contributed by atoms with Gasteiger partial charge in [0.05, 0.1) is 4.90 Å². The quantitative estimate of drug-likeness (QED) is 0.184. The van der Waals surface area contributed by atoms with Crippen molar-refractivity contribution in [2.24, 2.45) is 5.92 Å². The number of sulfonamides is 1. The molecule has 0 amide bonds. The molecule has 1 heterocycles. The lowest BCUT2D eigenvalue weighted by Gasteiger charge is -2.23. The molecule has 212 valence electrons. The molecular formula is C36H34N2O3S. The van der Waals surface area contributed by atoms with Crippen molar-refractivity contribution in [2.75, 3.05) is 6.54 Å². The highest BCUT2D eigenvalue weighted by atomic mass is 32.2. The lowest BCUT2D eigenvalue weighted by atomic mass is 9.83. The molecule has 0 saturated heterocycles. The highest BCUT2D eigenvalue weighted by Crippen LogP contribution is 2.40. The van der Waals surface area contributed by atoms with E-state index >= 15 is 0 Å². The Morgan fingerprint density at radius 1 is 0.786 bits per heavy atom. The molecular weight excluding hydrogens is 540 g/mol. The molecule has 1 aromatic heterocycles. The van der Waals surface area contributed by atoms with E-state index in [9.17, 15) is 8.42 Å². The van der Waals surface area contributed by atoms with Crippen LogP contribution < -0.4 is 4.72 Å². The minimum Gasteiger partial charge on any atom is -0.436 e. The van der Waals surface area contributed by atoms with Crippen LogP contribution in [-0.4, -0.2) is 19.9 Å². The first-order valence-electron chi connectivity index (χ1n) is 14.5. The first kappa shape index (κ1) is 27.9. The van der Waals surface area contributed by atoms with Gasteiger partial charge in [0.25, 0.3) is 0 Å². The van der Waals surface area contributed by atoms with Crippen molar-refractivity contribution >= 4 is 15.6 Å². The van der Waals surface area contributed by atoms with Crippen molar-refractivity contribution in [2.45, 2.75) is 37.0 Å². The molecule has 0 aliphatic heterocycles. The van der Waals surface area contributed by atoms with Gasteiger partial charge in [0, 0.05) is 23.2 Å². The Morgan fingerprint density at radius 3 is 2.17 bits per heavy atom. The molecule has 5 aromatic rings. The van der Waals surface area contributed by atoms with E-state index < -0.39 is 10.0 Å². The van der Waals surface area contributed by atoms with E-state index in [0.717, 1.165) is 58.5 Å². The number of nitrogens with zero attached hydrogens (tertiary/aromatic N) is 1. The summed E-state index contributed by atoms with van der Waals surface area (Å²) in [4.78, 5) is 5.39. The van der Waals surface area contributed by atoms with Gasteiger partial charge in [-0.3, -0.25) is 0 Å². The molecule has 6 rings (SSSR count). The molecule has 0 radical (unpaired) electrons. The smallest absolute Gasteiger partial charge is 0.240 e. The average Bonchev–Trinajstić information content (AvgIpc) is 3.48. The second-order valence-electron chi connectivity index (χ2n) is 10.7. The van der Waals surface area contributed by atoms with Gasteiger partial charge in [-0.2, -0.15) is 0 Å². The van der Waals surface area contributed by atoms with E-state index in [1.165, 1.54) is 0 Å². The molecule has 5 nitrogen and oxygen atoms in total. The number of benzene rings is 4. The van der Waals surface area contributed by atoms with E-state index in [4.69, 9.17) is 9.40 Å². The monoisotopic (exact) mass is 574 g/mol. The van der Waals surface area contributed by atoms with Gasteiger partial charge in [-0.15, -0.1) is 0 Å². The molecule has 0 saturated carbocycles. The first-order chi connectivity index (χ1) is 20.6. The first-order valence-corrected chi connectivity index (χ1v) is 16.0. The lowest BCUT2D eigenvalue weighted by Crippen LogP contribution is -2.27. The number of aromatic nitrogens is 1. The van der Waals surface area contributed by atoms with Crippen LogP contribution in [0.15, 0.2) is 131 Å². The number of allylic oxidation sites excluding steroid dienone is 2. The zero-order valence-corrected chi connectivity index (χ0v) is 24.3. The Bertz CT molecular complexity index is 1710. The number of hydrogen-bond donors (Lipinski definition) is 1. The van der Waals surface area contributed by atoms with E-state index in [2.05, 4.69) is 10.8 Å². The maximum Gasteiger partial charge on any atom is 0.240 e. The summed E-state index contributed by atoms with van der Waals surface area (Å²) in [5, 5.41) is 0. The van der Waals surface area contributed by atoms with E-state index in [0.29, 0.717) is 30.2 Å². The summed E-state index contributed by atoms with van der Waals surface area (Å²) in [5.74, 6) is 1.44. The number of nitrogens with one attached hydrogen (secondary N) is 1. The Kier molecular flexibility index (Phi) is 8.45. The van der Waals surface area contributed by atoms with Crippen LogP contribution in [0.1, 0.15) is 36.3 Å². The summed E-state index contributed by atoms with van der Waals surface area (Å²) in [6.07, 6.45) is 6.36. The summed E-state index contributed by atoms with van der Waals surface area (Å²) >= 11 is 0. The van der Waals surface area contributed by atoms with E-state index in [-0.39, 0.29) is 5.92 Å². The van der Waals surface area contributed by atoms with Crippen molar-refractivity contribution in [3.63, 3.8) is 0 Å². The van der Waals surface area contributed by atoms with Crippen LogP contribution in [-0.2, 0) is 22.9 Å². The number of oxazole rings is 1. The lowest BCUT2D eigenvalue weighted by molar-refractivity contribution is 0.502. The van der Waals surface area contributed by atoms with Gasteiger partial charge in [0.15, 0.2) is 5.76 Å². The normalized spacial score (nSPS) is 15.3. The van der Waals surface area contributed by atoms with Crippen molar-refractivity contribution in [1.29, 1.82) is 0 Å². The van der Waals surface area contributed by atoms with Gasteiger partial charge in [0.2, 0.25) is 15.9 Å². The molecule has 1 N–H and O–H groups in total. The van der Waals surface area contributed by atoms with Crippen molar-refractivity contribution in [1.82, 2.24) is 9.71 Å². The fourth-order valence-electron chi connectivity index (χ4n) is 5.69. The third-order valence-electron chi connectivity index (χ3n) is 7.80. The summed E-state index contributed by atoms with van der Waals surface area (Å²) < 4.78 is 36.2. The maximum atomic E-state index is 13.4. The molecule has 0 fully saturated rings. The third-order valence-corrected chi connectivity index (χ3v) is 9.36. The van der Waals surface area contributed by atoms with Crippen LogP contribution >= 0.6 is 0 Å². The molecule has 0 bridgehead atoms. The van der Waals surface area contributed by atoms with Crippen LogP contribution in [0.2, 0.25) is 0 Å². The summed E-state index contributed by atoms with van der Waals surface area (Å²) in [6.45, 7) is 0.343. The Hall–Kier alpha value is -4.26. The SMILES string of the molecule is O=S(=O)(NCCc1ccccc1)c1ccccc1CC1CCCC=C1c1nc(-c2ccccc2)c(-c2ccccc2)o1. The summed E-state index contributed by atoms with van der Waals surface area (Å²) in [7, 11) is -3.68. The van der Waals surface area contributed by atoms with Gasteiger partial charge in [-0.05, 0) is 55.2 Å². The van der Waals surface area contributed by atoms with E-state index in [1.807, 2.05) is 103 Å². The molecule has 6 heteroatoms. The molecule has 1 atom stereocenters. The Morgan fingerprint density at radius 2 is 1.43 bits per heavy atom. The highest BCUT2D eigenvalue weighted by molar-refractivity contribution is 7.89. The highest BCUT2D eigenvalue weighted by Gasteiger charge is 2.28. The number of hydrogen-bond acceptors (Lipinski definition) is 4. The fourth-order valence-corrected chi connectivity index (χ4v) is 6.97. The predicted octanol–water partition coefficient (Wildman–Crippen LogP) is 7.96. The molecule has 42 heavy (non-hydrogen) atoms. The maximum absolute atomic E-state index is 13.4. The van der Waals surface area contributed by atoms with Crippen LogP contribution in [0, 0.1) is 5.92 Å². The Balaban J connectivity index is 1.28. The molecule has 0 spiro atoms. The molecule has 1 aliphatic carbocycles. The van der Waals surface area contributed by atoms with Gasteiger partial charge in [-0.1, -0.05) is 115 Å². The summed E-state index contributed by atoms with van der Waals surface area (Å²) in [5.41, 5.74) is 5.73. The van der Waals surface area contributed by atoms with Crippen LogP contribution in [0.5, 0.6) is 0 Å². The van der Waals surface area contributed by atoms with Crippen molar-refractivity contribution in [3.05, 3.63) is 138 Å². The predicted molar refractivity (Wildman–Crippen MR) is 168 cm³/mol.